The molecule has 26 heavy (non-hydrogen) atoms. The normalized spacial score (nSPS) is 20.8. The number of amides is 1. The number of guanidine groups is 1. The number of aliphatic hydroxyl groups is 1. The van der Waals surface area contributed by atoms with Crippen molar-refractivity contribution in [3.05, 3.63) is 0 Å². The van der Waals surface area contributed by atoms with Crippen LogP contribution in [-0.4, -0.2) is 66.0 Å². The Morgan fingerprint density at radius 1 is 1.23 bits per heavy atom. The van der Waals surface area contributed by atoms with Crippen molar-refractivity contribution in [1.82, 2.24) is 15.5 Å². The second-order valence-corrected chi connectivity index (χ2v) is 7.47. The topological polar surface area (TPSA) is 86.2 Å². The molecule has 1 aliphatic rings. The van der Waals surface area contributed by atoms with E-state index in [9.17, 15) is 9.90 Å². The van der Waals surface area contributed by atoms with Crippen LogP contribution in [0.25, 0.3) is 0 Å². The van der Waals surface area contributed by atoms with E-state index in [2.05, 4.69) is 15.6 Å². The maximum Gasteiger partial charge on any atom is 0.410 e. The number of nitrogens with one attached hydrogen (secondary N) is 2. The summed E-state index contributed by atoms with van der Waals surface area (Å²) >= 11 is 0. The molecule has 0 aromatic carbocycles. The Labute approximate surface area is 175 Å². The van der Waals surface area contributed by atoms with E-state index in [1.165, 1.54) is 0 Å². The number of nitrogens with zero attached hydrogens (tertiary/aromatic N) is 2. The zero-order valence-electron chi connectivity index (χ0n) is 16.9. The lowest BCUT2D eigenvalue weighted by Crippen LogP contribution is -2.45. The summed E-state index contributed by atoms with van der Waals surface area (Å²) in [6.45, 7) is 12.0. The van der Waals surface area contributed by atoms with E-state index in [4.69, 9.17) is 4.74 Å². The molecule has 0 aromatic heterocycles. The quantitative estimate of drug-likeness (QED) is 0.307. The summed E-state index contributed by atoms with van der Waals surface area (Å²) in [4.78, 5) is 18.4. The number of rotatable bonds is 6. The summed E-state index contributed by atoms with van der Waals surface area (Å²) in [6, 6.07) is 0.342. The molecule has 0 aliphatic heterocycles. The minimum absolute atomic E-state index is 0. The molecule has 1 saturated carbocycles. The summed E-state index contributed by atoms with van der Waals surface area (Å²) in [7, 11) is 0. The fraction of sp³-hybridized carbons (Fsp3) is 0.889. The number of carbonyl (C=O) groups is 1. The van der Waals surface area contributed by atoms with Gasteiger partial charge in [0, 0.05) is 25.7 Å². The first-order valence-electron chi connectivity index (χ1n) is 9.46. The largest absolute Gasteiger partial charge is 0.444 e. The van der Waals surface area contributed by atoms with E-state index < -0.39 is 5.60 Å². The van der Waals surface area contributed by atoms with E-state index >= 15 is 0 Å². The molecule has 8 heteroatoms. The Bertz CT molecular complexity index is 433. The van der Waals surface area contributed by atoms with Gasteiger partial charge >= 0.3 is 6.09 Å². The van der Waals surface area contributed by atoms with Crippen molar-refractivity contribution in [2.45, 2.75) is 78.0 Å². The molecule has 1 amide bonds. The summed E-state index contributed by atoms with van der Waals surface area (Å²) in [5.74, 6) is 0.768. The number of likely N-dealkylation sites (N-methyl/N-ethyl adjacent to an activating group) is 1. The number of hydrogen-bond acceptors (Lipinski definition) is 4. The summed E-state index contributed by atoms with van der Waals surface area (Å²) in [5.41, 5.74) is -0.490. The first-order chi connectivity index (χ1) is 11.7. The van der Waals surface area contributed by atoms with Gasteiger partial charge in [0.15, 0.2) is 5.96 Å². The van der Waals surface area contributed by atoms with Crippen molar-refractivity contribution in [2.75, 3.05) is 26.2 Å². The monoisotopic (exact) mass is 484 g/mol. The third kappa shape index (κ3) is 10.4. The fourth-order valence-electron chi connectivity index (χ4n) is 2.72. The molecule has 154 valence electrons. The van der Waals surface area contributed by atoms with E-state index in [1.807, 2.05) is 34.6 Å². The van der Waals surface area contributed by atoms with Gasteiger partial charge < -0.3 is 25.4 Å². The Balaban J connectivity index is 0.00000625. The van der Waals surface area contributed by atoms with Crippen molar-refractivity contribution in [2.24, 2.45) is 4.99 Å². The number of halogens is 1. The van der Waals surface area contributed by atoms with E-state index in [0.29, 0.717) is 25.7 Å². The zero-order valence-corrected chi connectivity index (χ0v) is 19.2. The maximum atomic E-state index is 12.1. The van der Waals surface area contributed by atoms with Crippen LogP contribution in [0.3, 0.4) is 0 Å². The van der Waals surface area contributed by atoms with Crippen LogP contribution in [0.4, 0.5) is 4.79 Å². The third-order valence-corrected chi connectivity index (χ3v) is 4.06. The molecule has 1 aliphatic carbocycles. The molecule has 0 heterocycles. The number of hydrogen-bond donors (Lipinski definition) is 3. The summed E-state index contributed by atoms with van der Waals surface area (Å²) in [5, 5.41) is 16.3. The second-order valence-electron chi connectivity index (χ2n) is 7.47. The average molecular weight is 484 g/mol. The van der Waals surface area contributed by atoms with Crippen LogP contribution in [0.5, 0.6) is 0 Å². The van der Waals surface area contributed by atoms with Crippen LogP contribution in [0.15, 0.2) is 4.99 Å². The molecule has 3 N–H and O–H groups in total. The molecule has 0 spiro atoms. The van der Waals surface area contributed by atoms with E-state index in [1.54, 1.807) is 4.90 Å². The highest BCUT2D eigenvalue weighted by atomic mass is 127. The standard InChI is InChI=1S/C18H36N4O3.HI/c1-6-19-16(21-14-8-10-15(23)11-9-14)20-12-13-22(7-2)17(24)25-18(3,4)5;/h14-15,23H,6-13H2,1-5H3,(H2,19,20,21);1H. The molecular formula is C18H37IN4O3. The molecule has 1 fully saturated rings. The lowest BCUT2D eigenvalue weighted by molar-refractivity contribution is 0.0266. The van der Waals surface area contributed by atoms with E-state index in [-0.39, 0.29) is 36.2 Å². The van der Waals surface area contributed by atoms with Gasteiger partial charge in [-0.1, -0.05) is 0 Å². The van der Waals surface area contributed by atoms with Crippen LogP contribution < -0.4 is 10.6 Å². The van der Waals surface area contributed by atoms with Gasteiger partial charge in [-0.3, -0.25) is 4.99 Å². The van der Waals surface area contributed by atoms with Crippen LogP contribution in [0.1, 0.15) is 60.3 Å². The molecule has 0 aromatic rings. The molecule has 0 saturated heterocycles. The van der Waals surface area contributed by atoms with Gasteiger partial charge in [-0.05, 0) is 60.3 Å². The van der Waals surface area contributed by atoms with Crippen molar-refractivity contribution in [3.63, 3.8) is 0 Å². The van der Waals surface area contributed by atoms with Crippen LogP contribution in [-0.2, 0) is 4.74 Å². The lowest BCUT2D eigenvalue weighted by atomic mass is 9.93. The highest BCUT2D eigenvalue weighted by Gasteiger charge is 2.21. The van der Waals surface area contributed by atoms with Crippen LogP contribution in [0, 0.1) is 0 Å². The predicted molar refractivity (Wildman–Crippen MR) is 116 cm³/mol. The molecule has 0 unspecified atom stereocenters. The number of ether oxygens (including phenoxy) is 1. The molecule has 1 rings (SSSR count). The first kappa shape index (κ1) is 25.2. The molecule has 0 bridgehead atoms. The summed E-state index contributed by atoms with van der Waals surface area (Å²) in [6.07, 6.45) is 3.10. The smallest absolute Gasteiger partial charge is 0.410 e. The number of carbonyl (C=O) groups excluding carboxylic acids is 1. The lowest BCUT2D eigenvalue weighted by Gasteiger charge is -2.28. The van der Waals surface area contributed by atoms with Gasteiger partial charge in [-0.15, -0.1) is 24.0 Å². The van der Waals surface area contributed by atoms with Crippen molar-refractivity contribution in [1.29, 1.82) is 0 Å². The minimum atomic E-state index is -0.490. The Morgan fingerprint density at radius 2 is 1.85 bits per heavy atom. The second kappa shape index (κ2) is 12.6. The van der Waals surface area contributed by atoms with E-state index in [0.717, 1.165) is 38.2 Å². The zero-order chi connectivity index (χ0) is 18.9. The first-order valence-corrected chi connectivity index (χ1v) is 9.46. The van der Waals surface area contributed by atoms with Crippen LogP contribution >= 0.6 is 24.0 Å². The molecular weight excluding hydrogens is 447 g/mol. The van der Waals surface area contributed by atoms with Gasteiger partial charge in [0.25, 0.3) is 0 Å². The van der Waals surface area contributed by atoms with Crippen molar-refractivity contribution in [3.8, 4) is 0 Å². The van der Waals surface area contributed by atoms with Crippen LogP contribution in [0.2, 0.25) is 0 Å². The number of aliphatic hydroxyl groups excluding tert-OH is 1. The summed E-state index contributed by atoms with van der Waals surface area (Å²) < 4.78 is 5.41. The maximum absolute atomic E-state index is 12.1. The molecule has 0 atom stereocenters. The average Bonchev–Trinajstić information content (AvgIpc) is 2.52. The Morgan fingerprint density at radius 3 is 2.35 bits per heavy atom. The van der Waals surface area contributed by atoms with Gasteiger partial charge in [0.05, 0.1) is 12.6 Å². The van der Waals surface area contributed by atoms with Crippen molar-refractivity contribution < 1.29 is 14.6 Å². The Hall–Kier alpha value is -0.770. The highest BCUT2D eigenvalue weighted by molar-refractivity contribution is 14.0. The van der Waals surface area contributed by atoms with Gasteiger partial charge in [0.2, 0.25) is 0 Å². The Kier molecular flexibility index (Phi) is 12.2. The highest BCUT2D eigenvalue weighted by Crippen LogP contribution is 2.18. The SMILES string of the molecule is CCNC(=NCCN(CC)C(=O)OC(C)(C)C)NC1CCC(O)CC1.I. The fourth-order valence-corrected chi connectivity index (χ4v) is 2.72. The van der Waals surface area contributed by atoms with Crippen molar-refractivity contribution >= 4 is 36.0 Å². The van der Waals surface area contributed by atoms with Gasteiger partial charge in [0.1, 0.15) is 5.60 Å². The molecule has 0 radical (unpaired) electrons. The van der Waals surface area contributed by atoms with Gasteiger partial charge in [-0.25, -0.2) is 4.79 Å². The number of aliphatic imine (C=N–C) groups is 1. The third-order valence-electron chi connectivity index (χ3n) is 4.06. The molecule has 7 nitrogen and oxygen atoms in total. The minimum Gasteiger partial charge on any atom is -0.444 e. The van der Waals surface area contributed by atoms with Gasteiger partial charge in [-0.2, -0.15) is 0 Å². The predicted octanol–water partition coefficient (Wildman–Crippen LogP) is 2.72.